The molecule has 1 saturated heterocycles. The number of urea groups is 1. The SMILES string of the molecule is CCN(c1ccccc1)C1CN(C(=O)Nc2cccc(C)c2)C1. The molecule has 0 unspecified atom stereocenters. The molecule has 2 aromatic rings. The highest BCUT2D eigenvalue weighted by Crippen LogP contribution is 2.23. The van der Waals surface area contributed by atoms with Gasteiger partial charge in [0.2, 0.25) is 0 Å². The molecule has 1 aliphatic rings. The van der Waals surface area contributed by atoms with Crippen molar-refractivity contribution < 1.29 is 4.79 Å². The number of likely N-dealkylation sites (tertiary alicyclic amines) is 1. The zero-order valence-electron chi connectivity index (χ0n) is 13.7. The Kier molecular flexibility index (Phi) is 4.51. The van der Waals surface area contributed by atoms with Crippen molar-refractivity contribution in [1.82, 2.24) is 4.90 Å². The molecule has 2 aromatic carbocycles. The largest absolute Gasteiger partial charge is 0.365 e. The molecule has 0 spiro atoms. The second kappa shape index (κ2) is 6.73. The van der Waals surface area contributed by atoms with Crippen LogP contribution in [0.1, 0.15) is 12.5 Å². The minimum Gasteiger partial charge on any atom is -0.365 e. The third kappa shape index (κ3) is 3.47. The van der Waals surface area contributed by atoms with Gasteiger partial charge >= 0.3 is 6.03 Å². The summed E-state index contributed by atoms with van der Waals surface area (Å²) in [6.45, 7) is 6.65. The van der Waals surface area contributed by atoms with Crippen LogP contribution in [0.5, 0.6) is 0 Å². The van der Waals surface area contributed by atoms with Gasteiger partial charge < -0.3 is 15.1 Å². The van der Waals surface area contributed by atoms with Gasteiger partial charge in [0.05, 0.1) is 6.04 Å². The van der Waals surface area contributed by atoms with E-state index in [1.807, 2.05) is 42.2 Å². The van der Waals surface area contributed by atoms with Gasteiger partial charge in [-0.15, -0.1) is 0 Å². The number of para-hydroxylation sites is 1. The zero-order valence-corrected chi connectivity index (χ0v) is 13.7. The van der Waals surface area contributed by atoms with E-state index in [2.05, 4.69) is 41.4 Å². The molecule has 0 radical (unpaired) electrons. The zero-order chi connectivity index (χ0) is 16.2. The fraction of sp³-hybridized carbons (Fsp3) is 0.316. The molecule has 1 heterocycles. The summed E-state index contributed by atoms with van der Waals surface area (Å²) in [5.41, 5.74) is 3.22. The first-order valence-electron chi connectivity index (χ1n) is 8.11. The molecule has 4 heteroatoms. The summed E-state index contributed by atoms with van der Waals surface area (Å²) in [7, 11) is 0. The molecule has 2 amide bonds. The lowest BCUT2D eigenvalue weighted by atomic mass is 10.1. The van der Waals surface area contributed by atoms with Crippen molar-refractivity contribution in [2.45, 2.75) is 19.9 Å². The van der Waals surface area contributed by atoms with Crippen LogP contribution in [0.3, 0.4) is 0 Å². The van der Waals surface area contributed by atoms with E-state index in [0.29, 0.717) is 6.04 Å². The Morgan fingerprint density at radius 1 is 1.17 bits per heavy atom. The molecule has 1 fully saturated rings. The Bertz CT molecular complexity index is 665. The van der Waals surface area contributed by atoms with Crippen molar-refractivity contribution in [2.24, 2.45) is 0 Å². The summed E-state index contributed by atoms with van der Waals surface area (Å²) in [5, 5.41) is 2.97. The molecule has 1 aliphatic heterocycles. The smallest absolute Gasteiger partial charge is 0.321 e. The van der Waals surface area contributed by atoms with Crippen LogP contribution >= 0.6 is 0 Å². The second-order valence-corrected chi connectivity index (χ2v) is 5.98. The highest BCUT2D eigenvalue weighted by atomic mass is 16.2. The van der Waals surface area contributed by atoms with E-state index in [1.165, 1.54) is 5.69 Å². The van der Waals surface area contributed by atoms with E-state index >= 15 is 0 Å². The molecule has 23 heavy (non-hydrogen) atoms. The summed E-state index contributed by atoms with van der Waals surface area (Å²) >= 11 is 0. The summed E-state index contributed by atoms with van der Waals surface area (Å²) < 4.78 is 0. The number of benzene rings is 2. The predicted molar refractivity (Wildman–Crippen MR) is 95.0 cm³/mol. The van der Waals surface area contributed by atoms with Crippen LogP contribution in [0.15, 0.2) is 54.6 Å². The number of aryl methyl sites for hydroxylation is 1. The molecule has 1 N–H and O–H groups in total. The van der Waals surface area contributed by atoms with Crippen molar-refractivity contribution in [3.63, 3.8) is 0 Å². The fourth-order valence-electron chi connectivity index (χ4n) is 3.01. The van der Waals surface area contributed by atoms with Crippen molar-refractivity contribution >= 4 is 17.4 Å². The van der Waals surface area contributed by atoms with Gasteiger partial charge in [0.25, 0.3) is 0 Å². The van der Waals surface area contributed by atoms with Crippen LogP contribution < -0.4 is 10.2 Å². The van der Waals surface area contributed by atoms with Crippen molar-refractivity contribution in [3.8, 4) is 0 Å². The number of carbonyl (C=O) groups is 1. The van der Waals surface area contributed by atoms with E-state index < -0.39 is 0 Å². The number of amides is 2. The molecule has 0 atom stereocenters. The molecule has 0 aliphatic carbocycles. The van der Waals surface area contributed by atoms with Gasteiger partial charge in [-0.25, -0.2) is 4.79 Å². The number of nitrogens with zero attached hydrogens (tertiary/aromatic N) is 2. The normalized spacial score (nSPS) is 14.3. The molecule has 0 bridgehead atoms. The van der Waals surface area contributed by atoms with Crippen LogP contribution in [0.2, 0.25) is 0 Å². The number of hydrogen-bond donors (Lipinski definition) is 1. The predicted octanol–water partition coefficient (Wildman–Crippen LogP) is 3.74. The van der Waals surface area contributed by atoms with Gasteiger partial charge in [-0.05, 0) is 43.7 Å². The summed E-state index contributed by atoms with van der Waals surface area (Å²) in [6.07, 6.45) is 0. The third-order valence-electron chi connectivity index (χ3n) is 4.29. The van der Waals surface area contributed by atoms with E-state index in [0.717, 1.165) is 30.9 Å². The fourth-order valence-corrected chi connectivity index (χ4v) is 3.01. The topological polar surface area (TPSA) is 35.6 Å². The van der Waals surface area contributed by atoms with Crippen LogP contribution in [-0.4, -0.2) is 36.6 Å². The lowest BCUT2D eigenvalue weighted by Crippen LogP contribution is -2.62. The highest BCUT2D eigenvalue weighted by Gasteiger charge is 2.34. The lowest BCUT2D eigenvalue weighted by molar-refractivity contribution is 0.161. The Hall–Kier alpha value is -2.49. The van der Waals surface area contributed by atoms with Crippen molar-refractivity contribution in [3.05, 3.63) is 60.2 Å². The van der Waals surface area contributed by atoms with Crippen LogP contribution in [0.4, 0.5) is 16.2 Å². The lowest BCUT2D eigenvalue weighted by Gasteiger charge is -2.46. The number of nitrogens with one attached hydrogen (secondary N) is 1. The maximum Gasteiger partial charge on any atom is 0.321 e. The van der Waals surface area contributed by atoms with Crippen LogP contribution in [0.25, 0.3) is 0 Å². The van der Waals surface area contributed by atoms with Crippen LogP contribution in [0, 0.1) is 6.92 Å². The first-order valence-corrected chi connectivity index (χ1v) is 8.11. The minimum atomic E-state index is -0.0176. The Labute approximate surface area is 137 Å². The molecule has 0 saturated carbocycles. The van der Waals surface area contributed by atoms with Gasteiger partial charge in [0, 0.05) is 31.0 Å². The van der Waals surface area contributed by atoms with Crippen molar-refractivity contribution in [1.29, 1.82) is 0 Å². The Morgan fingerprint density at radius 2 is 1.91 bits per heavy atom. The van der Waals surface area contributed by atoms with E-state index in [-0.39, 0.29) is 6.03 Å². The number of carbonyl (C=O) groups excluding carboxylic acids is 1. The average molecular weight is 309 g/mol. The maximum absolute atomic E-state index is 12.3. The molecule has 120 valence electrons. The Morgan fingerprint density at radius 3 is 2.57 bits per heavy atom. The van der Waals surface area contributed by atoms with Gasteiger partial charge in [0.15, 0.2) is 0 Å². The minimum absolute atomic E-state index is 0.0176. The van der Waals surface area contributed by atoms with E-state index in [1.54, 1.807) is 0 Å². The summed E-state index contributed by atoms with van der Waals surface area (Å²) in [4.78, 5) is 16.5. The molecular weight excluding hydrogens is 286 g/mol. The first-order chi connectivity index (χ1) is 11.2. The first kappa shape index (κ1) is 15.4. The highest BCUT2D eigenvalue weighted by molar-refractivity contribution is 5.90. The molecule has 3 rings (SSSR count). The third-order valence-corrected chi connectivity index (χ3v) is 4.29. The number of hydrogen-bond acceptors (Lipinski definition) is 2. The molecule has 4 nitrogen and oxygen atoms in total. The molecular formula is C19H23N3O. The van der Waals surface area contributed by atoms with E-state index in [9.17, 15) is 4.79 Å². The van der Waals surface area contributed by atoms with Gasteiger partial charge in [-0.1, -0.05) is 30.3 Å². The monoisotopic (exact) mass is 309 g/mol. The Balaban J connectivity index is 1.56. The number of likely N-dealkylation sites (N-methyl/N-ethyl adjacent to an activating group) is 1. The quantitative estimate of drug-likeness (QED) is 0.934. The van der Waals surface area contributed by atoms with Gasteiger partial charge in [-0.2, -0.15) is 0 Å². The summed E-state index contributed by atoms with van der Waals surface area (Å²) in [5.74, 6) is 0. The molecule has 0 aromatic heterocycles. The maximum atomic E-state index is 12.3. The van der Waals surface area contributed by atoms with E-state index in [4.69, 9.17) is 0 Å². The van der Waals surface area contributed by atoms with Gasteiger partial charge in [-0.3, -0.25) is 0 Å². The van der Waals surface area contributed by atoms with Crippen molar-refractivity contribution in [2.75, 3.05) is 29.9 Å². The van der Waals surface area contributed by atoms with Gasteiger partial charge in [0.1, 0.15) is 0 Å². The second-order valence-electron chi connectivity index (χ2n) is 5.98. The number of anilines is 2. The van der Waals surface area contributed by atoms with Crippen LogP contribution in [-0.2, 0) is 0 Å². The summed E-state index contributed by atoms with van der Waals surface area (Å²) in [6, 6.07) is 18.6. The number of rotatable bonds is 4. The average Bonchev–Trinajstić information content (AvgIpc) is 2.51. The standard InChI is InChI=1S/C19H23N3O/c1-3-22(17-10-5-4-6-11-17)18-13-21(14-18)19(23)20-16-9-7-8-15(2)12-16/h4-12,18H,3,13-14H2,1-2H3,(H,20,23).